The quantitative estimate of drug-likeness (QED) is 0.363. The predicted octanol–water partition coefficient (Wildman–Crippen LogP) is 0.134. The summed E-state index contributed by atoms with van der Waals surface area (Å²) in [5.74, 6) is 5.51. The van der Waals surface area contributed by atoms with Crippen LogP contribution in [0.4, 0.5) is 5.82 Å². The van der Waals surface area contributed by atoms with Crippen LogP contribution in [0.15, 0.2) is 18.3 Å². The van der Waals surface area contributed by atoms with Gasteiger partial charge in [0.05, 0.1) is 12.2 Å². The molecule has 1 rings (SSSR count). The van der Waals surface area contributed by atoms with Gasteiger partial charge in [-0.25, -0.2) is 10.8 Å². The Kier molecular flexibility index (Phi) is 5.24. The third kappa shape index (κ3) is 3.84. The highest BCUT2D eigenvalue weighted by molar-refractivity contribution is 5.93. The van der Waals surface area contributed by atoms with E-state index in [-0.39, 0.29) is 5.91 Å². The minimum atomic E-state index is -0.171. The number of nitrogens with two attached hydrogens (primary N) is 1. The molecule has 0 aliphatic heterocycles. The fraction of sp³-hybridized carbons (Fsp3) is 0.400. The number of hydrogen-bond acceptors (Lipinski definition) is 5. The number of nitrogens with one attached hydrogen (secondary N) is 2. The minimum absolute atomic E-state index is 0.171. The number of hydrazine groups is 1. The van der Waals surface area contributed by atoms with Crippen LogP contribution in [-0.2, 0) is 4.74 Å². The fourth-order valence-electron chi connectivity index (χ4n) is 1.10. The van der Waals surface area contributed by atoms with E-state index in [1.54, 1.807) is 12.1 Å². The van der Waals surface area contributed by atoms with Crippen molar-refractivity contribution in [1.82, 2.24) is 10.3 Å². The molecule has 0 aromatic carbocycles. The topological polar surface area (TPSA) is 89.3 Å². The average Bonchev–Trinajstić information content (AvgIpc) is 2.34. The number of rotatable bonds is 6. The van der Waals surface area contributed by atoms with Crippen molar-refractivity contribution in [3.63, 3.8) is 0 Å². The van der Waals surface area contributed by atoms with Gasteiger partial charge in [-0.3, -0.25) is 4.79 Å². The van der Waals surface area contributed by atoms with E-state index in [0.717, 1.165) is 0 Å². The molecule has 1 amide bonds. The van der Waals surface area contributed by atoms with Gasteiger partial charge in [0.15, 0.2) is 0 Å². The number of ether oxygens (including phenoxy) is 1. The SMILES string of the molecule is CCOCCNC(=O)c1ccc(NN)nc1. The zero-order chi connectivity index (χ0) is 11.8. The highest BCUT2D eigenvalue weighted by Crippen LogP contribution is 2.02. The monoisotopic (exact) mass is 224 g/mol. The first-order chi connectivity index (χ1) is 7.77. The van der Waals surface area contributed by atoms with E-state index in [1.807, 2.05) is 6.92 Å². The number of anilines is 1. The van der Waals surface area contributed by atoms with Gasteiger partial charge >= 0.3 is 0 Å². The van der Waals surface area contributed by atoms with E-state index in [1.165, 1.54) is 6.20 Å². The molecule has 6 heteroatoms. The lowest BCUT2D eigenvalue weighted by Crippen LogP contribution is -2.27. The van der Waals surface area contributed by atoms with E-state index >= 15 is 0 Å². The summed E-state index contributed by atoms with van der Waals surface area (Å²) >= 11 is 0. The summed E-state index contributed by atoms with van der Waals surface area (Å²) in [5, 5.41) is 2.72. The summed E-state index contributed by atoms with van der Waals surface area (Å²) < 4.78 is 5.10. The van der Waals surface area contributed by atoms with Gasteiger partial charge in [-0.05, 0) is 19.1 Å². The Morgan fingerprint density at radius 1 is 1.56 bits per heavy atom. The van der Waals surface area contributed by atoms with Crippen LogP contribution in [0.1, 0.15) is 17.3 Å². The summed E-state index contributed by atoms with van der Waals surface area (Å²) in [4.78, 5) is 15.5. The molecule has 1 heterocycles. The second-order valence-electron chi connectivity index (χ2n) is 3.03. The van der Waals surface area contributed by atoms with E-state index in [0.29, 0.717) is 31.1 Å². The predicted molar refractivity (Wildman–Crippen MR) is 60.9 cm³/mol. The van der Waals surface area contributed by atoms with Gasteiger partial charge in [-0.1, -0.05) is 0 Å². The highest BCUT2D eigenvalue weighted by Gasteiger charge is 2.04. The third-order valence-electron chi connectivity index (χ3n) is 1.91. The van der Waals surface area contributed by atoms with Crippen molar-refractivity contribution in [3.8, 4) is 0 Å². The molecule has 0 fully saturated rings. The maximum atomic E-state index is 11.5. The van der Waals surface area contributed by atoms with Crippen molar-refractivity contribution in [2.45, 2.75) is 6.92 Å². The number of carbonyl (C=O) groups is 1. The number of nitrogen functional groups attached to an aromatic ring is 1. The normalized spacial score (nSPS) is 9.88. The standard InChI is InChI=1S/C10H16N4O2/c1-2-16-6-5-12-10(15)8-3-4-9(14-11)13-7-8/h3-4,7H,2,5-6,11H2,1H3,(H,12,15)(H,13,14). The van der Waals surface area contributed by atoms with E-state index in [9.17, 15) is 4.79 Å². The summed E-state index contributed by atoms with van der Waals surface area (Å²) in [6.07, 6.45) is 1.46. The first-order valence-electron chi connectivity index (χ1n) is 5.06. The average molecular weight is 224 g/mol. The zero-order valence-corrected chi connectivity index (χ0v) is 9.19. The lowest BCUT2D eigenvalue weighted by atomic mass is 10.2. The zero-order valence-electron chi connectivity index (χ0n) is 9.19. The number of hydrogen-bond donors (Lipinski definition) is 3. The molecule has 16 heavy (non-hydrogen) atoms. The summed E-state index contributed by atoms with van der Waals surface area (Å²) in [5.41, 5.74) is 2.89. The smallest absolute Gasteiger partial charge is 0.252 e. The molecule has 1 aromatic heterocycles. The van der Waals surface area contributed by atoms with Crippen LogP contribution < -0.4 is 16.6 Å². The van der Waals surface area contributed by atoms with Gasteiger partial charge in [0, 0.05) is 19.3 Å². The van der Waals surface area contributed by atoms with Gasteiger partial charge < -0.3 is 15.5 Å². The Morgan fingerprint density at radius 2 is 2.38 bits per heavy atom. The molecule has 88 valence electrons. The molecular weight excluding hydrogens is 208 g/mol. The number of amides is 1. The molecule has 0 aliphatic rings. The van der Waals surface area contributed by atoms with Gasteiger partial charge in [-0.2, -0.15) is 0 Å². The van der Waals surface area contributed by atoms with Crippen LogP contribution in [0.25, 0.3) is 0 Å². The van der Waals surface area contributed by atoms with Crippen LogP contribution in [0, 0.1) is 0 Å². The Balaban J connectivity index is 2.40. The fourth-order valence-corrected chi connectivity index (χ4v) is 1.10. The largest absolute Gasteiger partial charge is 0.380 e. The second kappa shape index (κ2) is 6.76. The van der Waals surface area contributed by atoms with E-state index in [4.69, 9.17) is 10.6 Å². The molecule has 0 spiro atoms. The van der Waals surface area contributed by atoms with Gasteiger partial charge in [0.25, 0.3) is 5.91 Å². The van der Waals surface area contributed by atoms with Gasteiger partial charge in [0.1, 0.15) is 5.82 Å². The van der Waals surface area contributed by atoms with Gasteiger partial charge in [0.2, 0.25) is 0 Å². The first kappa shape index (κ1) is 12.4. The second-order valence-corrected chi connectivity index (χ2v) is 3.03. The Bertz CT molecular complexity index is 326. The maximum absolute atomic E-state index is 11.5. The lowest BCUT2D eigenvalue weighted by Gasteiger charge is -2.05. The lowest BCUT2D eigenvalue weighted by molar-refractivity contribution is 0.0922. The van der Waals surface area contributed by atoms with Crippen molar-refractivity contribution in [2.75, 3.05) is 25.2 Å². The van der Waals surface area contributed by atoms with E-state index < -0.39 is 0 Å². The Hall–Kier alpha value is -1.66. The molecule has 0 unspecified atom stereocenters. The van der Waals surface area contributed by atoms with Gasteiger partial charge in [-0.15, -0.1) is 0 Å². The molecule has 1 aromatic rings. The molecule has 6 nitrogen and oxygen atoms in total. The highest BCUT2D eigenvalue weighted by atomic mass is 16.5. The Labute approximate surface area is 94.2 Å². The molecular formula is C10H16N4O2. The number of carbonyl (C=O) groups excluding carboxylic acids is 1. The number of nitrogens with zero attached hydrogens (tertiary/aromatic N) is 1. The maximum Gasteiger partial charge on any atom is 0.252 e. The van der Waals surface area contributed by atoms with Crippen LogP contribution in [0.5, 0.6) is 0 Å². The van der Waals surface area contributed by atoms with Crippen LogP contribution in [0.2, 0.25) is 0 Å². The summed E-state index contributed by atoms with van der Waals surface area (Å²) in [7, 11) is 0. The van der Waals surface area contributed by atoms with Crippen molar-refractivity contribution in [3.05, 3.63) is 23.9 Å². The van der Waals surface area contributed by atoms with Crippen LogP contribution in [0.3, 0.4) is 0 Å². The van der Waals surface area contributed by atoms with Crippen LogP contribution >= 0.6 is 0 Å². The third-order valence-corrected chi connectivity index (χ3v) is 1.91. The molecule has 0 aliphatic carbocycles. The molecule has 4 N–H and O–H groups in total. The van der Waals surface area contributed by atoms with Crippen molar-refractivity contribution < 1.29 is 9.53 Å². The summed E-state index contributed by atoms with van der Waals surface area (Å²) in [6, 6.07) is 3.29. The van der Waals surface area contributed by atoms with Crippen molar-refractivity contribution in [1.29, 1.82) is 0 Å². The number of aromatic nitrogens is 1. The molecule has 0 radical (unpaired) electrons. The Morgan fingerprint density at radius 3 is 2.94 bits per heavy atom. The molecule has 0 saturated heterocycles. The molecule has 0 atom stereocenters. The molecule has 0 bridgehead atoms. The summed E-state index contributed by atoms with van der Waals surface area (Å²) in [6.45, 7) is 3.56. The first-order valence-corrected chi connectivity index (χ1v) is 5.06. The van der Waals surface area contributed by atoms with Crippen LogP contribution in [-0.4, -0.2) is 30.6 Å². The molecule has 0 saturated carbocycles. The van der Waals surface area contributed by atoms with Crippen molar-refractivity contribution >= 4 is 11.7 Å². The van der Waals surface area contributed by atoms with E-state index in [2.05, 4.69) is 15.7 Å². The minimum Gasteiger partial charge on any atom is -0.380 e. The van der Waals surface area contributed by atoms with Crippen molar-refractivity contribution in [2.24, 2.45) is 5.84 Å². The number of pyridine rings is 1.